The minimum Gasteiger partial charge on any atom is -0.317 e. The molecule has 19 heavy (non-hydrogen) atoms. The van der Waals surface area contributed by atoms with Gasteiger partial charge < -0.3 is 4.57 Å². The van der Waals surface area contributed by atoms with Crippen molar-refractivity contribution in [2.45, 2.75) is 6.54 Å². The Morgan fingerprint density at radius 2 is 2.00 bits per heavy atom. The maximum atomic E-state index is 13.8. The van der Waals surface area contributed by atoms with Crippen molar-refractivity contribution in [1.29, 1.82) is 10.5 Å². The van der Waals surface area contributed by atoms with Crippen LogP contribution in [0.5, 0.6) is 0 Å². The van der Waals surface area contributed by atoms with Crippen molar-refractivity contribution < 1.29 is 8.78 Å². The molecule has 1 heterocycles. The number of hydrogen-bond donors (Lipinski definition) is 0. The first kappa shape index (κ1) is 13.2. The Hall–Kier alpha value is -2.25. The Kier molecular flexibility index (Phi) is 3.59. The molecule has 0 radical (unpaired) electrons. The largest absolute Gasteiger partial charge is 0.317 e. The Morgan fingerprint density at radius 1 is 1.26 bits per heavy atom. The van der Waals surface area contributed by atoms with Gasteiger partial charge in [-0.15, -0.1) is 0 Å². The molecule has 7 heteroatoms. The fraction of sp³-hybridized carbons (Fsp3) is 0.0833. The minimum absolute atomic E-state index is 0.0266. The van der Waals surface area contributed by atoms with Crippen molar-refractivity contribution in [2.75, 3.05) is 0 Å². The predicted octanol–water partition coefficient (Wildman–Crippen LogP) is 2.72. The molecule has 0 aliphatic heterocycles. The molecule has 2 aromatic rings. The maximum absolute atomic E-state index is 13.8. The summed E-state index contributed by atoms with van der Waals surface area (Å²) in [5.74, 6) is -1.46. The third-order valence-electron chi connectivity index (χ3n) is 2.52. The van der Waals surface area contributed by atoms with Gasteiger partial charge >= 0.3 is 0 Å². The van der Waals surface area contributed by atoms with Crippen molar-refractivity contribution in [3.05, 3.63) is 51.5 Å². The Morgan fingerprint density at radius 3 is 2.63 bits per heavy atom. The van der Waals surface area contributed by atoms with Crippen LogP contribution in [0.4, 0.5) is 8.78 Å². The number of nitrogens with zero attached hydrogens (tertiary/aromatic N) is 4. The van der Waals surface area contributed by atoms with E-state index in [-0.39, 0.29) is 28.0 Å². The maximum Gasteiger partial charge on any atom is 0.176 e. The lowest BCUT2D eigenvalue weighted by Crippen LogP contribution is -2.06. The van der Waals surface area contributed by atoms with Gasteiger partial charge in [0, 0.05) is 5.56 Å². The van der Waals surface area contributed by atoms with Gasteiger partial charge in [0.05, 0.1) is 17.3 Å². The van der Waals surface area contributed by atoms with Crippen LogP contribution in [0.2, 0.25) is 0 Å². The second kappa shape index (κ2) is 5.17. The van der Waals surface area contributed by atoms with E-state index in [2.05, 4.69) is 20.9 Å². The zero-order valence-corrected chi connectivity index (χ0v) is 10.9. The third-order valence-corrected chi connectivity index (χ3v) is 3.13. The first-order valence-corrected chi connectivity index (χ1v) is 5.85. The van der Waals surface area contributed by atoms with Gasteiger partial charge in [-0.1, -0.05) is 0 Å². The number of imidazole rings is 1. The monoisotopic (exact) mass is 322 g/mol. The van der Waals surface area contributed by atoms with Crippen LogP contribution in [0.25, 0.3) is 0 Å². The fourth-order valence-corrected chi connectivity index (χ4v) is 1.96. The van der Waals surface area contributed by atoms with Gasteiger partial charge in [-0.3, -0.25) is 0 Å². The highest BCUT2D eigenvalue weighted by atomic mass is 79.9. The Bertz CT molecular complexity index is 725. The van der Waals surface area contributed by atoms with Crippen LogP contribution in [0.3, 0.4) is 0 Å². The lowest BCUT2D eigenvalue weighted by molar-refractivity contribution is 0.540. The smallest absolute Gasteiger partial charge is 0.176 e. The molecule has 0 aliphatic carbocycles. The molecule has 4 nitrogen and oxygen atoms in total. The molecule has 0 bridgehead atoms. The van der Waals surface area contributed by atoms with E-state index in [1.807, 2.05) is 0 Å². The lowest BCUT2D eigenvalue weighted by atomic mass is 10.2. The standard InChI is InChI=1S/C12H5BrF2N4/c13-8-1-2-9(14)7(12(8)15)5-19-6-18-10(3-16)11(19)4-17/h1-2,6H,5H2. The zero-order chi connectivity index (χ0) is 14.0. The van der Waals surface area contributed by atoms with E-state index < -0.39 is 11.6 Å². The van der Waals surface area contributed by atoms with Gasteiger partial charge in [0.1, 0.15) is 23.8 Å². The molecule has 0 unspecified atom stereocenters. The number of hydrogen-bond acceptors (Lipinski definition) is 3. The molecule has 0 aliphatic rings. The summed E-state index contributed by atoms with van der Waals surface area (Å²) in [5.41, 5.74) is -0.299. The molecular formula is C12H5BrF2N4. The SMILES string of the molecule is N#Cc1ncn(Cc2c(F)ccc(Br)c2F)c1C#N. The van der Waals surface area contributed by atoms with Gasteiger partial charge in [0.2, 0.25) is 0 Å². The predicted molar refractivity (Wildman–Crippen MR) is 64.8 cm³/mol. The topological polar surface area (TPSA) is 65.4 Å². The van der Waals surface area contributed by atoms with Crippen LogP contribution in [0, 0.1) is 34.3 Å². The molecule has 0 N–H and O–H groups in total. The van der Waals surface area contributed by atoms with Crippen molar-refractivity contribution in [3.63, 3.8) is 0 Å². The second-order valence-corrected chi connectivity index (χ2v) is 4.47. The quantitative estimate of drug-likeness (QED) is 0.798. The van der Waals surface area contributed by atoms with E-state index in [0.717, 1.165) is 6.07 Å². The summed E-state index contributed by atoms with van der Waals surface area (Å²) >= 11 is 2.96. The van der Waals surface area contributed by atoms with Crippen molar-refractivity contribution in [3.8, 4) is 12.1 Å². The molecule has 0 fully saturated rings. The first-order valence-electron chi connectivity index (χ1n) is 5.06. The number of nitriles is 2. The molecule has 0 saturated heterocycles. The zero-order valence-electron chi connectivity index (χ0n) is 9.36. The van der Waals surface area contributed by atoms with Crippen LogP contribution < -0.4 is 0 Å². The summed E-state index contributed by atoms with van der Waals surface area (Å²) in [6.07, 6.45) is 1.21. The van der Waals surface area contributed by atoms with E-state index in [1.54, 1.807) is 12.1 Å². The summed E-state index contributed by atoms with van der Waals surface area (Å²) in [6.45, 7) is -0.214. The molecule has 0 atom stereocenters. The number of rotatable bonds is 2. The van der Waals surface area contributed by atoms with Crippen molar-refractivity contribution in [2.24, 2.45) is 0 Å². The molecule has 2 rings (SSSR count). The van der Waals surface area contributed by atoms with E-state index in [9.17, 15) is 8.78 Å². The fourth-order valence-electron chi connectivity index (χ4n) is 1.59. The van der Waals surface area contributed by atoms with Gasteiger partial charge in [0.15, 0.2) is 11.4 Å². The van der Waals surface area contributed by atoms with Crippen molar-refractivity contribution >= 4 is 15.9 Å². The molecule has 0 saturated carbocycles. The van der Waals surface area contributed by atoms with Gasteiger partial charge in [-0.2, -0.15) is 10.5 Å². The third kappa shape index (κ3) is 2.33. The molecular weight excluding hydrogens is 318 g/mol. The normalized spacial score (nSPS) is 9.95. The number of halogens is 3. The van der Waals surface area contributed by atoms with E-state index in [1.165, 1.54) is 17.0 Å². The van der Waals surface area contributed by atoms with E-state index in [0.29, 0.717) is 0 Å². The Balaban J connectivity index is 2.49. The highest BCUT2D eigenvalue weighted by Crippen LogP contribution is 2.23. The average molecular weight is 323 g/mol. The highest BCUT2D eigenvalue weighted by molar-refractivity contribution is 9.10. The second-order valence-electron chi connectivity index (χ2n) is 3.62. The van der Waals surface area contributed by atoms with E-state index >= 15 is 0 Å². The van der Waals surface area contributed by atoms with Crippen LogP contribution in [-0.4, -0.2) is 9.55 Å². The summed E-state index contributed by atoms with van der Waals surface area (Å²) in [4.78, 5) is 3.71. The van der Waals surface area contributed by atoms with Crippen LogP contribution in [0.1, 0.15) is 17.0 Å². The van der Waals surface area contributed by atoms with Gasteiger partial charge in [0.25, 0.3) is 0 Å². The summed E-state index contributed by atoms with van der Waals surface area (Å²) in [5, 5.41) is 17.7. The van der Waals surface area contributed by atoms with Gasteiger partial charge in [-0.05, 0) is 28.1 Å². The lowest BCUT2D eigenvalue weighted by Gasteiger charge is -2.08. The number of aromatic nitrogens is 2. The number of benzene rings is 1. The molecule has 0 amide bonds. The van der Waals surface area contributed by atoms with Crippen LogP contribution in [0.15, 0.2) is 22.9 Å². The van der Waals surface area contributed by atoms with Crippen LogP contribution in [-0.2, 0) is 6.54 Å². The summed E-state index contributed by atoms with van der Waals surface area (Å²) in [7, 11) is 0. The van der Waals surface area contributed by atoms with Crippen molar-refractivity contribution in [1.82, 2.24) is 9.55 Å². The minimum atomic E-state index is -0.740. The molecule has 1 aromatic carbocycles. The summed E-state index contributed by atoms with van der Waals surface area (Å²) < 4.78 is 28.8. The molecule has 0 spiro atoms. The average Bonchev–Trinajstić information content (AvgIpc) is 2.81. The Labute approximate surface area is 115 Å². The highest BCUT2D eigenvalue weighted by Gasteiger charge is 2.16. The van der Waals surface area contributed by atoms with E-state index in [4.69, 9.17) is 10.5 Å². The van der Waals surface area contributed by atoms with Crippen LogP contribution >= 0.6 is 15.9 Å². The van der Waals surface area contributed by atoms with Gasteiger partial charge in [-0.25, -0.2) is 13.8 Å². The first-order chi connectivity index (χ1) is 9.08. The molecule has 94 valence electrons. The molecule has 1 aromatic heterocycles. The summed E-state index contributed by atoms with van der Waals surface area (Å²) in [6, 6.07) is 5.91.